The van der Waals surface area contributed by atoms with Crippen LogP contribution in [0.2, 0.25) is 0 Å². The molecule has 6 heteroatoms. The van der Waals surface area contributed by atoms with Gasteiger partial charge in [-0.15, -0.1) is 0 Å². The summed E-state index contributed by atoms with van der Waals surface area (Å²) in [6.45, 7) is 2.76. The molecule has 0 unspecified atom stereocenters. The maximum Gasteiger partial charge on any atom is 0.254 e. The van der Waals surface area contributed by atoms with Crippen molar-refractivity contribution in [2.24, 2.45) is 0 Å². The monoisotopic (exact) mass is 300 g/mol. The third-order valence-electron chi connectivity index (χ3n) is 4.11. The second kappa shape index (κ2) is 6.27. The van der Waals surface area contributed by atoms with Crippen LogP contribution in [0.1, 0.15) is 35.9 Å². The summed E-state index contributed by atoms with van der Waals surface area (Å²) < 4.78 is 0. The van der Waals surface area contributed by atoms with E-state index in [1.807, 2.05) is 19.1 Å². The molecular formula is C16H20N4O2. The molecule has 1 fully saturated rings. The van der Waals surface area contributed by atoms with Crippen molar-refractivity contribution in [3.05, 3.63) is 35.7 Å². The van der Waals surface area contributed by atoms with Crippen LogP contribution in [0.3, 0.4) is 0 Å². The van der Waals surface area contributed by atoms with Crippen molar-refractivity contribution in [3.8, 4) is 11.4 Å². The first-order valence-corrected chi connectivity index (χ1v) is 7.66. The number of hydrogen-bond donors (Lipinski definition) is 2. The van der Waals surface area contributed by atoms with E-state index in [0.29, 0.717) is 17.9 Å². The Morgan fingerprint density at radius 3 is 2.82 bits per heavy atom. The predicted molar refractivity (Wildman–Crippen MR) is 82.3 cm³/mol. The minimum atomic E-state index is -0.0488. The molecule has 0 radical (unpaired) electrons. The molecule has 0 saturated carbocycles. The molecule has 1 amide bonds. The zero-order valence-electron chi connectivity index (χ0n) is 12.6. The molecule has 0 spiro atoms. The van der Waals surface area contributed by atoms with E-state index >= 15 is 0 Å². The summed E-state index contributed by atoms with van der Waals surface area (Å²) in [7, 11) is 0. The number of aryl methyl sites for hydroxylation is 1. The van der Waals surface area contributed by atoms with Crippen LogP contribution >= 0.6 is 0 Å². The third-order valence-corrected chi connectivity index (χ3v) is 4.11. The van der Waals surface area contributed by atoms with E-state index in [-0.39, 0.29) is 18.6 Å². The number of rotatable bonds is 4. The van der Waals surface area contributed by atoms with Gasteiger partial charge in [0.05, 0.1) is 12.6 Å². The smallest absolute Gasteiger partial charge is 0.254 e. The quantitative estimate of drug-likeness (QED) is 0.899. The molecular weight excluding hydrogens is 280 g/mol. The minimum absolute atomic E-state index is 0.0210. The molecule has 1 aromatic carbocycles. The van der Waals surface area contributed by atoms with E-state index in [1.165, 1.54) is 0 Å². The van der Waals surface area contributed by atoms with Crippen LogP contribution < -0.4 is 0 Å². The maximum absolute atomic E-state index is 12.5. The first kappa shape index (κ1) is 14.7. The van der Waals surface area contributed by atoms with Crippen molar-refractivity contribution in [2.75, 3.05) is 13.2 Å². The number of carbonyl (C=O) groups excluding carboxylic acids is 1. The topological polar surface area (TPSA) is 82.1 Å². The Morgan fingerprint density at radius 1 is 1.41 bits per heavy atom. The summed E-state index contributed by atoms with van der Waals surface area (Å²) in [5.41, 5.74) is 1.52. The number of nitrogens with one attached hydrogen (secondary N) is 1. The van der Waals surface area contributed by atoms with Crippen LogP contribution in [0.25, 0.3) is 11.4 Å². The Kier molecular flexibility index (Phi) is 4.20. The highest BCUT2D eigenvalue weighted by molar-refractivity contribution is 5.95. The molecule has 3 rings (SSSR count). The van der Waals surface area contributed by atoms with Gasteiger partial charge in [-0.1, -0.05) is 19.1 Å². The van der Waals surface area contributed by atoms with Crippen LogP contribution in [0.5, 0.6) is 0 Å². The zero-order chi connectivity index (χ0) is 15.5. The van der Waals surface area contributed by atoms with E-state index in [9.17, 15) is 9.90 Å². The van der Waals surface area contributed by atoms with Crippen LogP contribution in [0.4, 0.5) is 0 Å². The lowest BCUT2D eigenvalue weighted by molar-refractivity contribution is 0.0677. The number of benzene rings is 1. The van der Waals surface area contributed by atoms with Crippen molar-refractivity contribution in [3.63, 3.8) is 0 Å². The summed E-state index contributed by atoms with van der Waals surface area (Å²) in [4.78, 5) is 18.6. The van der Waals surface area contributed by atoms with Crippen molar-refractivity contribution in [1.29, 1.82) is 0 Å². The lowest BCUT2D eigenvalue weighted by Gasteiger charge is -2.23. The third kappa shape index (κ3) is 2.74. The van der Waals surface area contributed by atoms with Crippen LogP contribution in [0.15, 0.2) is 24.3 Å². The largest absolute Gasteiger partial charge is 0.394 e. The SMILES string of the molecule is CCc1nc(-c2ccc(C(=O)N3CCC[C@H]3CO)cc2)n[nH]1. The molecule has 22 heavy (non-hydrogen) atoms. The van der Waals surface area contributed by atoms with E-state index in [2.05, 4.69) is 15.2 Å². The second-order valence-electron chi connectivity index (χ2n) is 5.51. The van der Waals surface area contributed by atoms with Gasteiger partial charge in [0, 0.05) is 24.1 Å². The lowest BCUT2D eigenvalue weighted by Crippen LogP contribution is -2.37. The molecule has 2 aromatic rings. The summed E-state index contributed by atoms with van der Waals surface area (Å²) >= 11 is 0. The standard InChI is InChI=1S/C16H20N4O2/c1-2-14-17-15(19-18-14)11-5-7-12(8-6-11)16(22)20-9-3-4-13(20)10-21/h5-8,13,21H,2-4,9-10H2,1H3,(H,17,18,19)/t13-/m0/s1. The highest BCUT2D eigenvalue weighted by Gasteiger charge is 2.28. The summed E-state index contributed by atoms with van der Waals surface area (Å²) in [6.07, 6.45) is 2.63. The van der Waals surface area contributed by atoms with Gasteiger partial charge in [-0.25, -0.2) is 4.98 Å². The molecule has 1 atom stereocenters. The Hall–Kier alpha value is -2.21. The molecule has 2 heterocycles. The van der Waals surface area contributed by atoms with Gasteiger partial charge in [0.1, 0.15) is 5.82 Å². The normalized spacial score (nSPS) is 17.9. The fourth-order valence-electron chi connectivity index (χ4n) is 2.80. The summed E-state index contributed by atoms with van der Waals surface area (Å²) in [5.74, 6) is 1.47. The van der Waals surface area contributed by atoms with Gasteiger partial charge in [0.25, 0.3) is 5.91 Å². The number of likely N-dealkylation sites (tertiary alicyclic amines) is 1. The summed E-state index contributed by atoms with van der Waals surface area (Å²) in [5, 5.41) is 16.4. The Bertz CT molecular complexity index is 650. The number of aliphatic hydroxyl groups excluding tert-OH is 1. The van der Waals surface area contributed by atoms with Crippen LogP contribution in [-0.2, 0) is 6.42 Å². The van der Waals surface area contributed by atoms with Crippen molar-refractivity contribution in [1.82, 2.24) is 20.1 Å². The average molecular weight is 300 g/mol. The zero-order valence-corrected chi connectivity index (χ0v) is 12.6. The molecule has 1 aromatic heterocycles. The molecule has 0 aliphatic carbocycles. The number of carbonyl (C=O) groups is 1. The Labute approximate surface area is 129 Å². The van der Waals surface area contributed by atoms with E-state index in [0.717, 1.165) is 30.7 Å². The molecule has 0 bridgehead atoms. The highest BCUT2D eigenvalue weighted by Crippen LogP contribution is 2.21. The molecule has 116 valence electrons. The molecule has 1 aliphatic heterocycles. The van der Waals surface area contributed by atoms with Crippen molar-refractivity contribution < 1.29 is 9.90 Å². The minimum Gasteiger partial charge on any atom is -0.394 e. The highest BCUT2D eigenvalue weighted by atomic mass is 16.3. The Balaban J connectivity index is 1.77. The van der Waals surface area contributed by atoms with Gasteiger partial charge in [-0.05, 0) is 25.0 Å². The number of aliphatic hydroxyl groups is 1. The number of aromatic nitrogens is 3. The Morgan fingerprint density at radius 2 is 2.18 bits per heavy atom. The van der Waals surface area contributed by atoms with Crippen LogP contribution in [-0.4, -0.2) is 50.3 Å². The fraction of sp³-hybridized carbons (Fsp3) is 0.438. The number of H-pyrrole nitrogens is 1. The molecule has 1 aliphatic rings. The summed E-state index contributed by atoms with van der Waals surface area (Å²) in [6, 6.07) is 7.27. The van der Waals surface area contributed by atoms with Crippen molar-refractivity contribution >= 4 is 5.91 Å². The van der Waals surface area contributed by atoms with Crippen LogP contribution in [0, 0.1) is 0 Å². The second-order valence-corrected chi connectivity index (χ2v) is 5.51. The maximum atomic E-state index is 12.5. The van der Waals surface area contributed by atoms with E-state index in [1.54, 1.807) is 17.0 Å². The average Bonchev–Trinajstić information content (AvgIpc) is 3.23. The number of nitrogens with zero attached hydrogens (tertiary/aromatic N) is 3. The first-order valence-electron chi connectivity index (χ1n) is 7.66. The number of amides is 1. The van der Waals surface area contributed by atoms with E-state index < -0.39 is 0 Å². The number of hydrogen-bond acceptors (Lipinski definition) is 4. The molecule has 2 N–H and O–H groups in total. The lowest BCUT2D eigenvalue weighted by atomic mass is 10.1. The van der Waals surface area contributed by atoms with E-state index in [4.69, 9.17) is 0 Å². The van der Waals surface area contributed by atoms with Crippen molar-refractivity contribution in [2.45, 2.75) is 32.2 Å². The fourth-order valence-corrected chi connectivity index (χ4v) is 2.80. The van der Waals surface area contributed by atoms with Gasteiger partial charge < -0.3 is 10.0 Å². The first-order chi connectivity index (χ1) is 10.7. The van der Waals surface area contributed by atoms with Gasteiger partial charge >= 0.3 is 0 Å². The predicted octanol–water partition coefficient (Wildman–Crippen LogP) is 1.63. The van der Waals surface area contributed by atoms with Gasteiger partial charge in [-0.2, -0.15) is 5.10 Å². The van der Waals surface area contributed by atoms with Gasteiger partial charge in [-0.3, -0.25) is 9.89 Å². The van der Waals surface area contributed by atoms with Gasteiger partial charge in [0.2, 0.25) is 0 Å². The molecule has 1 saturated heterocycles. The molecule has 6 nitrogen and oxygen atoms in total. The number of aromatic amines is 1. The van der Waals surface area contributed by atoms with Gasteiger partial charge in [0.15, 0.2) is 5.82 Å².